The van der Waals surface area contributed by atoms with Crippen LogP contribution in [-0.4, -0.2) is 17.1 Å². The molecule has 0 aliphatic carbocycles. The van der Waals surface area contributed by atoms with Crippen LogP contribution in [0.2, 0.25) is 0 Å². The summed E-state index contributed by atoms with van der Waals surface area (Å²) in [6.45, 7) is 2.07. The van der Waals surface area contributed by atoms with Crippen molar-refractivity contribution in [2.75, 3.05) is 12.4 Å². The van der Waals surface area contributed by atoms with Crippen LogP contribution < -0.4 is 10.1 Å². The Bertz CT molecular complexity index is 723. The van der Waals surface area contributed by atoms with Crippen molar-refractivity contribution >= 4 is 22.2 Å². The van der Waals surface area contributed by atoms with E-state index < -0.39 is 0 Å². The highest BCUT2D eigenvalue weighted by atomic mass is 32.1. The molecule has 1 N–H and O–H groups in total. The molecule has 0 saturated heterocycles. The molecule has 4 nitrogen and oxygen atoms in total. The maximum absolute atomic E-state index is 5.15. The molecule has 0 radical (unpaired) electrons. The van der Waals surface area contributed by atoms with Crippen molar-refractivity contribution in [2.45, 2.75) is 6.92 Å². The Hall–Kier alpha value is -2.40. The predicted molar refractivity (Wildman–Crippen MR) is 86.4 cm³/mol. The van der Waals surface area contributed by atoms with E-state index in [2.05, 4.69) is 22.2 Å². The van der Waals surface area contributed by atoms with Gasteiger partial charge in [-0.25, -0.2) is 4.98 Å². The SMILES string of the molecule is COc1ccc(Nc2nc(-c3cccnc3)c(C)s2)cc1. The summed E-state index contributed by atoms with van der Waals surface area (Å²) in [6, 6.07) is 11.7. The third-order valence-electron chi connectivity index (χ3n) is 3.07. The number of hydrogen-bond acceptors (Lipinski definition) is 5. The number of benzene rings is 1. The first-order valence-electron chi connectivity index (χ1n) is 6.55. The van der Waals surface area contributed by atoms with Gasteiger partial charge in [0.15, 0.2) is 5.13 Å². The minimum absolute atomic E-state index is 0.840. The van der Waals surface area contributed by atoms with Crippen LogP contribution in [0.5, 0.6) is 5.75 Å². The topological polar surface area (TPSA) is 47.0 Å². The molecule has 0 fully saturated rings. The summed E-state index contributed by atoms with van der Waals surface area (Å²) in [7, 11) is 1.66. The van der Waals surface area contributed by atoms with Crippen molar-refractivity contribution in [3.8, 4) is 17.0 Å². The predicted octanol–water partition coefficient (Wildman–Crippen LogP) is 4.27. The third kappa shape index (κ3) is 3.03. The van der Waals surface area contributed by atoms with Crippen LogP contribution in [-0.2, 0) is 0 Å². The van der Waals surface area contributed by atoms with Crippen LogP contribution in [0.1, 0.15) is 4.88 Å². The van der Waals surface area contributed by atoms with Crippen molar-refractivity contribution < 1.29 is 4.74 Å². The number of aryl methyl sites for hydroxylation is 1. The Morgan fingerprint density at radius 3 is 2.62 bits per heavy atom. The number of ether oxygens (including phenoxy) is 1. The van der Waals surface area contributed by atoms with Crippen molar-refractivity contribution in [1.29, 1.82) is 0 Å². The van der Waals surface area contributed by atoms with Gasteiger partial charge >= 0.3 is 0 Å². The number of nitrogens with one attached hydrogen (secondary N) is 1. The molecule has 106 valence electrons. The van der Waals surface area contributed by atoms with E-state index in [9.17, 15) is 0 Å². The zero-order valence-corrected chi connectivity index (χ0v) is 12.6. The van der Waals surface area contributed by atoms with Gasteiger partial charge in [-0.15, -0.1) is 11.3 Å². The first-order valence-corrected chi connectivity index (χ1v) is 7.37. The molecule has 0 bridgehead atoms. The lowest BCUT2D eigenvalue weighted by Gasteiger charge is -2.03. The second-order valence-corrected chi connectivity index (χ2v) is 5.72. The minimum Gasteiger partial charge on any atom is -0.497 e. The molecule has 0 aliphatic heterocycles. The van der Waals surface area contributed by atoms with Gasteiger partial charge in [-0.1, -0.05) is 0 Å². The summed E-state index contributed by atoms with van der Waals surface area (Å²) in [5, 5.41) is 4.19. The number of hydrogen-bond donors (Lipinski definition) is 1. The molecule has 3 rings (SSSR count). The molecular weight excluding hydrogens is 282 g/mol. The van der Waals surface area contributed by atoms with E-state index in [1.165, 1.54) is 4.88 Å². The first kappa shape index (κ1) is 13.6. The summed E-state index contributed by atoms with van der Waals surface area (Å²) < 4.78 is 5.15. The Morgan fingerprint density at radius 2 is 1.95 bits per heavy atom. The number of thiazole rings is 1. The molecule has 21 heavy (non-hydrogen) atoms. The van der Waals surface area contributed by atoms with Crippen LogP contribution in [0, 0.1) is 6.92 Å². The molecule has 0 spiro atoms. The van der Waals surface area contributed by atoms with Crippen molar-refractivity contribution in [3.63, 3.8) is 0 Å². The van der Waals surface area contributed by atoms with Crippen molar-refractivity contribution in [2.24, 2.45) is 0 Å². The first-order chi connectivity index (χ1) is 10.3. The normalized spacial score (nSPS) is 10.4. The number of rotatable bonds is 4. The highest BCUT2D eigenvalue weighted by Gasteiger charge is 2.10. The third-order valence-corrected chi connectivity index (χ3v) is 3.96. The quantitative estimate of drug-likeness (QED) is 0.781. The lowest BCUT2D eigenvalue weighted by Crippen LogP contribution is -1.90. The van der Waals surface area contributed by atoms with Gasteiger partial charge < -0.3 is 10.1 Å². The molecule has 1 aromatic carbocycles. The second kappa shape index (κ2) is 5.93. The van der Waals surface area contributed by atoms with Gasteiger partial charge in [-0.2, -0.15) is 0 Å². The lowest BCUT2D eigenvalue weighted by atomic mass is 10.2. The molecule has 2 heterocycles. The highest BCUT2D eigenvalue weighted by Crippen LogP contribution is 2.31. The van der Waals surface area contributed by atoms with Crippen LogP contribution >= 0.6 is 11.3 Å². The van der Waals surface area contributed by atoms with Crippen molar-refractivity contribution in [3.05, 3.63) is 53.7 Å². The zero-order chi connectivity index (χ0) is 14.7. The monoisotopic (exact) mass is 297 g/mol. The van der Waals surface area contributed by atoms with Crippen LogP contribution in [0.3, 0.4) is 0 Å². The lowest BCUT2D eigenvalue weighted by molar-refractivity contribution is 0.415. The van der Waals surface area contributed by atoms with Crippen LogP contribution in [0.25, 0.3) is 11.3 Å². The summed E-state index contributed by atoms with van der Waals surface area (Å²) >= 11 is 1.63. The van der Waals surface area contributed by atoms with Crippen LogP contribution in [0.4, 0.5) is 10.8 Å². The van der Waals surface area contributed by atoms with Gasteiger partial charge in [0.05, 0.1) is 12.8 Å². The molecule has 0 amide bonds. The number of anilines is 2. The van der Waals surface area contributed by atoms with Gasteiger partial charge in [0.25, 0.3) is 0 Å². The van der Waals surface area contributed by atoms with E-state index in [1.54, 1.807) is 24.6 Å². The molecule has 5 heteroatoms. The van der Waals surface area contributed by atoms with Gasteiger partial charge in [-0.05, 0) is 43.3 Å². The zero-order valence-electron chi connectivity index (χ0n) is 11.8. The summed E-state index contributed by atoms with van der Waals surface area (Å²) in [6.07, 6.45) is 3.60. The Labute approximate surface area is 127 Å². The molecule has 0 atom stereocenters. The van der Waals surface area contributed by atoms with Gasteiger partial charge in [0, 0.05) is 28.5 Å². The molecule has 3 aromatic rings. The Morgan fingerprint density at radius 1 is 1.14 bits per heavy atom. The number of methoxy groups -OCH3 is 1. The van der Waals surface area contributed by atoms with E-state index in [-0.39, 0.29) is 0 Å². The van der Waals surface area contributed by atoms with Gasteiger partial charge in [-0.3, -0.25) is 4.98 Å². The average Bonchev–Trinajstić information content (AvgIpc) is 2.89. The minimum atomic E-state index is 0.840. The molecule has 0 unspecified atom stereocenters. The standard InChI is InChI=1S/C16H15N3OS/c1-11-15(12-4-3-9-17-10-12)19-16(21-11)18-13-5-7-14(20-2)8-6-13/h3-10H,1-2H3,(H,18,19). The molecule has 0 aliphatic rings. The largest absolute Gasteiger partial charge is 0.497 e. The van der Waals surface area contributed by atoms with Crippen molar-refractivity contribution in [1.82, 2.24) is 9.97 Å². The number of pyridine rings is 1. The fourth-order valence-corrected chi connectivity index (χ4v) is 2.87. The summed E-state index contributed by atoms with van der Waals surface area (Å²) in [4.78, 5) is 9.96. The second-order valence-electron chi connectivity index (χ2n) is 4.52. The molecule has 0 saturated carbocycles. The fraction of sp³-hybridized carbons (Fsp3) is 0.125. The van der Waals surface area contributed by atoms with Crippen LogP contribution in [0.15, 0.2) is 48.8 Å². The van der Waals surface area contributed by atoms with E-state index in [0.717, 1.165) is 27.8 Å². The number of nitrogens with zero attached hydrogens (tertiary/aromatic N) is 2. The Balaban J connectivity index is 1.83. The average molecular weight is 297 g/mol. The fourth-order valence-electron chi connectivity index (χ4n) is 2.02. The molecular formula is C16H15N3OS. The maximum atomic E-state index is 5.15. The van der Waals surface area contributed by atoms with Gasteiger partial charge in [0.1, 0.15) is 5.75 Å². The van der Waals surface area contributed by atoms with Gasteiger partial charge in [0.2, 0.25) is 0 Å². The summed E-state index contributed by atoms with van der Waals surface area (Å²) in [5.41, 5.74) is 3.00. The summed E-state index contributed by atoms with van der Waals surface area (Å²) in [5.74, 6) is 0.840. The highest BCUT2D eigenvalue weighted by molar-refractivity contribution is 7.16. The number of aromatic nitrogens is 2. The maximum Gasteiger partial charge on any atom is 0.187 e. The van der Waals surface area contributed by atoms with E-state index in [1.807, 2.05) is 42.6 Å². The van der Waals surface area contributed by atoms with E-state index >= 15 is 0 Å². The van der Waals surface area contributed by atoms with E-state index in [0.29, 0.717) is 0 Å². The van der Waals surface area contributed by atoms with E-state index in [4.69, 9.17) is 4.74 Å². The Kier molecular flexibility index (Phi) is 3.83. The molecule has 2 aromatic heterocycles. The smallest absolute Gasteiger partial charge is 0.187 e.